The van der Waals surface area contributed by atoms with Crippen molar-refractivity contribution in [2.24, 2.45) is 0 Å². The molecule has 0 amide bonds. The Morgan fingerprint density at radius 3 is 2.77 bits per heavy atom. The van der Waals surface area contributed by atoms with E-state index in [1.165, 1.54) is 41.5 Å². The van der Waals surface area contributed by atoms with Gasteiger partial charge in [-0.25, -0.2) is 0 Å². The van der Waals surface area contributed by atoms with Crippen LogP contribution in [0.1, 0.15) is 36.5 Å². The van der Waals surface area contributed by atoms with Crippen molar-refractivity contribution >= 4 is 6.08 Å². The summed E-state index contributed by atoms with van der Waals surface area (Å²) in [4.78, 5) is 0. The van der Waals surface area contributed by atoms with Crippen LogP contribution in [0.3, 0.4) is 0 Å². The lowest BCUT2D eigenvalue weighted by atomic mass is 10.0. The monoisotopic (exact) mass is 172 g/mol. The first-order valence-corrected chi connectivity index (χ1v) is 5.02. The van der Waals surface area contributed by atoms with E-state index in [9.17, 15) is 0 Å². The molecule has 1 aromatic rings. The topological polar surface area (TPSA) is 0 Å². The second-order valence-electron chi connectivity index (χ2n) is 4.05. The standard InChI is InChI=1S/C13H16/c1-10-4-3-5-12-7-6-11(2)9-13(12)8-10/h6-9H,3-5H2,1-2H3. The predicted octanol–water partition coefficient (Wildman–Crippen LogP) is 3.73. The van der Waals surface area contributed by atoms with E-state index in [0.717, 1.165) is 0 Å². The van der Waals surface area contributed by atoms with E-state index in [1.54, 1.807) is 0 Å². The molecule has 0 atom stereocenters. The van der Waals surface area contributed by atoms with Gasteiger partial charge in [0.05, 0.1) is 0 Å². The van der Waals surface area contributed by atoms with Crippen molar-refractivity contribution in [1.82, 2.24) is 0 Å². The van der Waals surface area contributed by atoms with Crippen molar-refractivity contribution in [3.8, 4) is 0 Å². The third-order valence-corrected chi connectivity index (χ3v) is 2.72. The maximum atomic E-state index is 2.34. The lowest BCUT2D eigenvalue weighted by Crippen LogP contribution is -1.87. The summed E-state index contributed by atoms with van der Waals surface area (Å²) >= 11 is 0. The Morgan fingerprint density at radius 2 is 1.92 bits per heavy atom. The van der Waals surface area contributed by atoms with E-state index >= 15 is 0 Å². The second-order valence-corrected chi connectivity index (χ2v) is 4.05. The Kier molecular flexibility index (Phi) is 2.22. The number of rotatable bonds is 0. The quantitative estimate of drug-likeness (QED) is 0.559. The molecule has 13 heavy (non-hydrogen) atoms. The summed E-state index contributed by atoms with van der Waals surface area (Å²) in [6.45, 7) is 4.39. The lowest BCUT2D eigenvalue weighted by molar-refractivity contribution is 0.823. The molecule has 2 rings (SSSR count). The average molecular weight is 172 g/mol. The number of aryl methyl sites for hydroxylation is 2. The van der Waals surface area contributed by atoms with Crippen LogP contribution in [0.5, 0.6) is 0 Å². The number of fused-ring (bicyclic) bond motifs is 1. The number of hydrogen-bond donors (Lipinski definition) is 0. The van der Waals surface area contributed by atoms with Crippen LogP contribution in [0.4, 0.5) is 0 Å². The van der Waals surface area contributed by atoms with E-state index in [4.69, 9.17) is 0 Å². The molecule has 0 aromatic heterocycles. The van der Waals surface area contributed by atoms with Gasteiger partial charge >= 0.3 is 0 Å². The van der Waals surface area contributed by atoms with Crippen LogP contribution in [0.15, 0.2) is 23.8 Å². The van der Waals surface area contributed by atoms with Crippen LogP contribution in [-0.4, -0.2) is 0 Å². The van der Waals surface area contributed by atoms with Crippen molar-refractivity contribution in [2.45, 2.75) is 33.1 Å². The number of benzene rings is 1. The summed E-state index contributed by atoms with van der Waals surface area (Å²) in [5.41, 5.74) is 5.84. The highest BCUT2D eigenvalue weighted by Crippen LogP contribution is 2.23. The third kappa shape index (κ3) is 1.82. The first-order valence-electron chi connectivity index (χ1n) is 5.02. The van der Waals surface area contributed by atoms with Gasteiger partial charge < -0.3 is 0 Å². The Balaban J connectivity index is 2.49. The molecule has 0 fully saturated rings. The highest BCUT2D eigenvalue weighted by molar-refractivity contribution is 5.58. The van der Waals surface area contributed by atoms with Crippen LogP contribution in [0, 0.1) is 6.92 Å². The molecule has 1 aromatic carbocycles. The molecule has 0 radical (unpaired) electrons. The van der Waals surface area contributed by atoms with Gasteiger partial charge in [0.2, 0.25) is 0 Å². The van der Waals surface area contributed by atoms with E-state index < -0.39 is 0 Å². The summed E-state index contributed by atoms with van der Waals surface area (Å²) in [5, 5.41) is 0. The lowest BCUT2D eigenvalue weighted by Gasteiger charge is -2.03. The molecule has 0 bridgehead atoms. The van der Waals surface area contributed by atoms with E-state index in [1.807, 2.05) is 0 Å². The molecule has 0 heterocycles. The van der Waals surface area contributed by atoms with Gasteiger partial charge in [0.1, 0.15) is 0 Å². The van der Waals surface area contributed by atoms with Crippen molar-refractivity contribution in [2.75, 3.05) is 0 Å². The van der Waals surface area contributed by atoms with Crippen molar-refractivity contribution < 1.29 is 0 Å². The normalized spacial score (nSPS) is 16.0. The van der Waals surface area contributed by atoms with Gasteiger partial charge in [-0.2, -0.15) is 0 Å². The minimum atomic E-state index is 1.24. The molecule has 0 unspecified atom stereocenters. The Labute approximate surface area is 80.3 Å². The van der Waals surface area contributed by atoms with Crippen molar-refractivity contribution in [1.29, 1.82) is 0 Å². The molecular formula is C13H16. The summed E-state index contributed by atoms with van der Waals surface area (Å²) in [5.74, 6) is 0. The molecule has 0 saturated heterocycles. The molecule has 1 aliphatic carbocycles. The zero-order valence-electron chi connectivity index (χ0n) is 8.43. The molecule has 0 spiro atoms. The number of allylic oxidation sites excluding steroid dienone is 1. The summed E-state index contributed by atoms with van der Waals surface area (Å²) < 4.78 is 0. The molecule has 0 heteroatoms. The van der Waals surface area contributed by atoms with Gasteiger partial charge in [-0.15, -0.1) is 0 Å². The zero-order chi connectivity index (χ0) is 9.26. The molecule has 68 valence electrons. The second kappa shape index (κ2) is 3.37. The highest BCUT2D eigenvalue weighted by atomic mass is 14.1. The smallest absolute Gasteiger partial charge is 0.0222 e. The summed E-state index contributed by atoms with van der Waals surface area (Å²) in [6, 6.07) is 6.79. The Hall–Kier alpha value is -1.04. The minimum Gasteiger partial charge on any atom is -0.0727 e. The van der Waals surface area contributed by atoms with E-state index in [2.05, 4.69) is 38.1 Å². The molecule has 1 aliphatic rings. The predicted molar refractivity (Wildman–Crippen MR) is 57.8 cm³/mol. The van der Waals surface area contributed by atoms with Gasteiger partial charge in [-0.1, -0.05) is 35.4 Å². The fourth-order valence-corrected chi connectivity index (χ4v) is 1.97. The van der Waals surface area contributed by atoms with Crippen LogP contribution >= 0.6 is 0 Å². The largest absolute Gasteiger partial charge is 0.0727 e. The minimum absolute atomic E-state index is 1.24. The first-order chi connectivity index (χ1) is 6.25. The molecule has 0 N–H and O–H groups in total. The van der Waals surface area contributed by atoms with E-state index in [0.29, 0.717) is 0 Å². The van der Waals surface area contributed by atoms with Crippen LogP contribution in [-0.2, 0) is 6.42 Å². The third-order valence-electron chi connectivity index (χ3n) is 2.72. The number of hydrogen-bond acceptors (Lipinski definition) is 0. The van der Waals surface area contributed by atoms with Crippen LogP contribution < -0.4 is 0 Å². The Morgan fingerprint density at radius 1 is 1.08 bits per heavy atom. The zero-order valence-corrected chi connectivity index (χ0v) is 8.43. The van der Waals surface area contributed by atoms with Gasteiger partial charge in [-0.3, -0.25) is 0 Å². The highest BCUT2D eigenvalue weighted by Gasteiger charge is 2.05. The summed E-state index contributed by atoms with van der Waals surface area (Å²) in [6.07, 6.45) is 6.14. The average Bonchev–Trinajstić information content (AvgIpc) is 2.25. The maximum Gasteiger partial charge on any atom is -0.0222 e. The summed E-state index contributed by atoms with van der Waals surface area (Å²) in [7, 11) is 0. The van der Waals surface area contributed by atoms with Crippen LogP contribution in [0.2, 0.25) is 0 Å². The molecular weight excluding hydrogens is 156 g/mol. The Bertz CT molecular complexity index is 345. The van der Waals surface area contributed by atoms with Gasteiger partial charge in [0, 0.05) is 0 Å². The van der Waals surface area contributed by atoms with E-state index in [-0.39, 0.29) is 0 Å². The van der Waals surface area contributed by atoms with Gasteiger partial charge in [0.25, 0.3) is 0 Å². The fourth-order valence-electron chi connectivity index (χ4n) is 1.97. The molecule has 0 aliphatic heterocycles. The van der Waals surface area contributed by atoms with Crippen molar-refractivity contribution in [3.05, 3.63) is 40.5 Å². The fraction of sp³-hybridized carbons (Fsp3) is 0.385. The SMILES string of the molecule is CC1=Cc2cc(C)ccc2CCC1. The molecule has 0 nitrogen and oxygen atoms in total. The maximum absolute atomic E-state index is 2.34. The van der Waals surface area contributed by atoms with Crippen molar-refractivity contribution in [3.63, 3.8) is 0 Å². The van der Waals surface area contributed by atoms with Gasteiger partial charge in [0.15, 0.2) is 0 Å². The molecule has 0 saturated carbocycles. The first kappa shape index (κ1) is 8.55. The van der Waals surface area contributed by atoms with Crippen LogP contribution in [0.25, 0.3) is 6.08 Å². The van der Waals surface area contributed by atoms with Gasteiger partial charge in [-0.05, 0) is 44.2 Å².